The molecule has 1 aliphatic heterocycles. The van der Waals surface area contributed by atoms with Crippen molar-refractivity contribution < 1.29 is 9.53 Å². The molecule has 2 N–H and O–H groups in total. The fourth-order valence-corrected chi connectivity index (χ4v) is 1.89. The Balaban J connectivity index is 2.07. The zero-order chi connectivity index (χ0) is 10.7. The van der Waals surface area contributed by atoms with E-state index in [-0.39, 0.29) is 5.91 Å². The number of methoxy groups -OCH3 is 1. The fourth-order valence-electron chi connectivity index (χ4n) is 1.16. The molecule has 0 bridgehead atoms. The maximum atomic E-state index is 11.7. The van der Waals surface area contributed by atoms with E-state index < -0.39 is 0 Å². The SMILES string of the molecule is COc1cn[nH]c1C(=O)NC1=NCCS1. The first-order chi connectivity index (χ1) is 7.31. The minimum absolute atomic E-state index is 0.280. The predicted octanol–water partition coefficient (Wildman–Crippen LogP) is 0.251. The lowest BCUT2D eigenvalue weighted by atomic mass is 10.4. The zero-order valence-corrected chi connectivity index (χ0v) is 8.93. The maximum absolute atomic E-state index is 11.7. The lowest BCUT2D eigenvalue weighted by Gasteiger charge is -2.03. The van der Waals surface area contributed by atoms with Crippen LogP contribution in [-0.2, 0) is 0 Å². The molecule has 0 unspecified atom stereocenters. The fraction of sp³-hybridized carbons (Fsp3) is 0.375. The molecule has 0 aliphatic carbocycles. The minimum atomic E-state index is -0.280. The summed E-state index contributed by atoms with van der Waals surface area (Å²) in [6.07, 6.45) is 1.46. The van der Waals surface area contributed by atoms with E-state index in [0.29, 0.717) is 16.6 Å². The molecule has 6 nitrogen and oxygen atoms in total. The van der Waals surface area contributed by atoms with Crippen LogP contribution in [0.5, 0.6) is 5.75 Å². The van der Waals surface area contributed by atoms with Crippen molar-refractivity contribution in [3.05, 3.63) is 11.9 Å². The van der Waals surface area contributed by atoms with E-state index in [1.165, 1.54) is 25.1 Å². The molecule has 0 atom stereocenters. The second-order valence-electron chi connectivity index (χ2n) is 2.80. The molecule has 80 valence electrons. The zero-order valence-electron chi connectivity index (χ0n) is 8.11. The van der Waals surface area contributed by atoms with Gasteiger partial charge in [-0.15, -0.1) is 0 Å². The molecule has 0 radical (unpaired) electrons. The summed E-state index contributed by atoms with van der Waals surface area (Å²) in [6, 6.07) is 0. The van der Waals surface area contributed by atoms with Gasteiger partial charge in [0.05, 0.1) is 19.9 Å². The van der Waals surface area contributed by atoms with Crippen LogP contribution in [0.3, 0.4) is 0 Å². The van der Waals surface area contributed by atoms with Crippen LogP contribution >= 0.6 is 11.8 Å². The van der Waals surface area contributed by atoms with E-state index in [4.69, 9.17) is 4.74 Å². The number of hydrogen-bond acceptors (Lipinski definition) is 5. The van der Waals surface area contributed by atoms with Gasteiger partial charge in [-0.05, 0) is 0 Å². The summed E-state index contributed by atoms with van der Waals surface area (Å²) < 4.78 is 4.97. The van der Waals surface area contributed by atoms with Crippen molar-refractivity contribution in [1.82, 2.24) is 15.5 Å². The van der Waals surface area contributed by atoms with Gasteiger partial charge in [-0.25, -0.2) is 0 Å². The van der Waals surface area contributed by atoms with Crippen LogP contribution in [0.1, 0.15) is 10.5 Å². The lowest BCUT2D eigenvalue weighted by molar-refractivity contribution is 0.0970. The van der Waals surface area contributed by atoms with Gasteiger partial charge in [-0.3, -0.25) is 20.2 Å². The van der Waals surface area contributed by atoms with E-state index in [9.17, 15) is 4.79 Å². The maximum Gasteiger partial charge on any atom is 0.279 e. The van der Waals surface area contributed by atoms with Gasteiger partial charge < -0.3 is 4.74 Å². The van der Waals surface area contributed by atoms with Crippen molar-refractivity contribution in [2.24, 2.45) is 4.99 Å². The number of carbonyl (C=O) groups excluding carboxylic acids is 1. The number of rotatable bonds is 2. The molecule has 1 aromatic rings. The highest BCUT2D eigenvalue weighted by molar-refractivity contribution is 8.14. The Morgan fingerprint density at radius 1 is 1.73 bits per heavy atom. The average molecular weight is 226 g/mol. The third kappa shape index (κ3) is 2.12. The quantitative estimate of drug-likeness (QED) is 0.757. The second kappa shape index (κ2) is 4.35. The van der Waals surface area contributed by atoms with Crippen LogP contribution in [0.15, 0.2) is 11.2 Å². The van der Waals surface area contributed by atoms with Crippen LogP contribution in [0.25, 0.3) is 0 Å². The highest BCUT2D eigenvalue weighted by Gasteiger charge is 2.17. The Hall–Kier alpha value is -1.50. The Morgan fingerprint density at radius 3 is 3.27 bits per heavy atom. The molecule has 15 heavy (non-hydrogen) atoms. The number of H-pyrrole nitrogens is 1. The number of aromatic amines is 1. The van der Waals surface area contributed by atoms with Gasteiger partial charge in [-0.2, -0.15) is 5.10 Å². The third-order valence-electron chi connectivity index (χ3n) is 1.86. The topological polar surface area (TPSA) is 79.4 Å². The molecule has 2 rings (SSSR count). The standard InChI is InChI=1S/C8H10N4O2S/c1-14-5-4-10-12-6(5)7(13)11-8-9-2-3-15-8/h4H,2-3H2,1H3,(H,10,12)(H,9,11,13). The van der Waals surface area contributed by atoms with E-state index in [1.54, 1.807) is 0 Å². The van der Waals surface area contributed by atoms with Crippen LogP contribution < -0.4 is 10.1 Å². The minimum Gasteiger partial charge on any atom is -0.493 e. The number of aliphatic imine (C=N–C) groups is 1. The summed E-state index contributed by atoms with van der Waals surface area (Å²) in [5, 5.41) is 9.64. The number of amidine groups is 1. The smallest absolute Gasteiger partial charge is 0.279 e. The van der Waals surface area contributed by atoms with Gasteiger partial charge in [0.25, 0.3) is 5.91 Å². The number of ether oxygens (including phenoxy) is 1. The Morgan fingerprint density at radius 2 is 2.60 bits per heavy atom. The van der Waals surface area contributed by atoms with Crippen molar-refractivity contribution in [1.29, 1.82) is 0 Å². The summed E-state index contributed by atoms with van der Waals surface area (Å²) in [5.41, 5.74) is 0.313. The third-order valence-corrected chi connectivity index (χ3v) is 2.75. The predicted molar refractivity (Wildman–Crippen MR) is 57.4 cm³/mol. The molecule has 0 saturated carbocycles. The summed E-state index contributed by atoms with van der Waals surface area (Å²) in [6.45, 7) is 0.750. The first-order valence-electron chi connectivity index (χ1n) is 4.37. The largest absolute Gasteiger partial charge is 0.493 e. The Bertz CT molecular complexity index is 401. The van der Waals surface area contributed by atoms with Crippen LogP contribution in [0.4, 0.5) is 0 Å². The summed E-state index contributed by atoms with van der Waals surface area (Å²) >= 11 is 1.52. The van der Waals surface area contributed by atoms with E-state index >= 15 is 0 Å². The second-order valence-corrected chi connectivity index (χ2v) is 3.89. The number of thioether (sulfide) groups is 1. The van der Waals surface area contributed by atoms with E-state index in [2.05, 4.69) is 20.5 Å². The van der Waals surface area contributed by atoms with Gasteiger partial charge in [0.15, 0.2) is 16.6 Å². The normalized spacial score (nSPS) is 14.9. The molecule has 0 aromatic carbocycles. The number of carbonyl (C=O) groups is 1. The number of aromatic nitrogens is 2. The first-order valence-corrected chi connectivity index (χ1v) is 5.36. The number of nitrogens with one attached hydrogen (secondary N) is 2. The van der Waals surface area contributed by atoms with E-state index in [0.717, 1.165) is 12.3 Å². The van der Waals surface area contributed by atoms with Gasteiger partial charge in [0.1, 0.15) is 0 Å². The first kappa shape index (κ1) is 10.0. The highest BCUT2D eigenvalue weighted by Crippen LogP contribution is 2.15. The van der Waals surface area contributed by atoms with Crippen molar-refractivity contribution in [2.75, 3.05) is 19.4 Å². The molecular weight excluding hydrogens is 216 g/mol. The molecule has 2 heterocycles. The lowest BCUT2D eigenvalue weighted by Crippen LogP contribution is -2.28. The van der Waals surface area contributed by atoms with Gasteiger partial charge >= 0.3 is 0 Å². The molecule has 0 saturated heterocycles. The number of hydrogen-bond donors (Lipinski definition) is 2. The Kier molecular flexibility index (Phi) is 2.91. The summed E-state index contributed by atoms with van der Waals surface area (Å²) in [5.74, 6) is 1.06. The molecule has 0 fully saturated rings. The van der Waals surface area contributed by atoms with Crippen LogP contribution in [0, 0.1) is 0 Å². The molecular formula is C8H10N4O2S. The molecule has 1 aromatic heterocycles. The van der Waals surface area contributed by atoms with Crippen molar-refractivity contribution in [2.45, 2.75) is 0 Å². The molecule has 1 amide bonds. The van der Waals surface area contributed by atoms with Gasteiger partial charge in [-0.1, -0.05) is 11.8 Å². The molecule has 0 spiro atoms. The number of amides is 1. The van der Waals surface area contributed by atoms with Crippen molar-refractivity contribution >= 4 is 22.8 Å². The number of nitrogens with zero attached hydrogens (tertiary/aromatic N) is 2. The van der Waals surface area contributed by atoms with Crippen molar-refractivity contribution in [3.63, 3.8) is 0 Å². The Labute approximate surface area is 90.5 Å². The highest BCUT2D eigenvalue weighted by atomic mass is 32.2. The van der Waals surface area contributed by atoms with Crippen LogP contribution in [0.2, 0.25) is 0 Å². The van der Waals surface area contributed by atoms with Gasteiger partial charge in [0.2, 0.25) is 0 Å². The van der Waals surface area contributed by atoms with Gasteiger partial charge in [0, 0.05) is 5.75 Å². The van der Waals surface area contributed by atoms with Crippen LogP contribution in [-0.4, -0.2) is 40.7 Å². The molecule has 1 aliphatic rings. The summed E-state index contributed by atoms with van der Waals surface area (Å²) in [7, 11) is 1.49. The monoisotopic (exact) mass is 226 g/mol. The van der Waals surface area contributed by atoms with E-state index in [1.807, 2.05) is 0 Å². The van der Waals surface area contributed by atoms with Crippen molar-refractivity contribution in [3.8, 4) is 5.75 Å². The average Bonchev–Trinajstić information content (AvgIpc) is 2.86. The molecule has 7 heteroatoms. The summed E-state index contributed by atoms with van der Waals surface area (Å²) in [4.78, 5) is 15.8.